The van der Waals surface area contributed by atoms with Crippen LogP contribution in [0, 0.1) is 0 Å². The molecule has 1 aliphatic rings. The molecule has 0 aromatic heterocycles. The first kappa shape index (κ1) is 9.01. The fraction of sp³-hybridized carbons (Fsp3) is 1.00. The smallest absolute Gasteiger partial charge is 0.0705 e. The lowest BCUT2D eigenvalue weighted by Gasteiger charge is -2.09. The van der Waals surface area contributed by atoms with Crippen LogP contribution in [0.5, 0.6) is 0 Å². The van der Waals surface area contributed by atoms with Gasteiger partial charge in [0.15, 0.2) is 0 Å². The Morgan fingerprint density at radius 2 is 2.27 bits per heavy atom. The second kappa shape index (κ2) is 4.07. The van der Waals surface area contributed by atoms with Crippen molar-refractivity contribution in [3.63, 3.8) is 0 Å². The van der Waals surface area contributed by atoms with E-state index >= 15 is 0 Å². The van der Waals surface area contributed by atoms with Gasteiger partial charge in [-0.3, -0.25) is 0 Å². The van der Waals surface area contributed by atoms with E-state index in [0.29, 0.717) is 12.1 Å². The number of hydrogen-bond donors (Lipinski definition) is 2. The Hall–Kier alpha value is -0.0800. The van der Waals surface area contributed by atoms with Crippen molar-refractivity contribution in [3.05, 3.63) is 0 Å². The average Bonchev–Trinajstić information content (AvgIpc) is 2.28. The summed E-state index contributed by atoms with van der Waals surface area (Å²) in [5, 5.41) is 12.8. The summed E-state index contributed by atoms with van der Waals surface area (Å²) in [6.07, 6.45) is 4.58. The molecule has 1 rings (SSSR count). The Bertz CT molecular complexity index is 106. The SMILES string of the molecule is CCCC[C@@H]1C[C@@H](O)[C@H](C)N1. The normalized spacial score (nSPS) is 37.9. The van der Waals surface area contributed by atoms with E-state index in [1.807, 2.05) is 0 Å². The van der Waals surface area contributed by atoms with E-state index in [0.717, 1.165) is 6.42 Å². The van der Waals surface area contributed by atoms with Crippen molar-refractivity contribution >= 4 is 0 Å². The molecule has 0 aromatic carbocycles. The Morgan fingerprint density at radius 3 is 2.73 bits per heavy atom. The lowest BCUT2D eigenvalue weighted by Crippen LogP contribution is -2.30. The zero-order valence-electron chi connectivity index (χ0n) is 7.51. The minimum atomic E-state index is -0.114. The highest BCUT2D eigenvalue weighted by Gasteiger charge is 2.27. The minimum Gasteiger partial charge on any atom is -0.391 e. The molecule has 1 aliphatic heterocycles. The topological polar surface area (TPSA) is 32.3 Å². The van der Waals surface area contributed by atoms with Crippen molar-refractivity contribution in [1.29, 1.82) is 0 Å². The van der Waals surface area contributed by atoms with E-state index in [4.69, 9.17) is 0 Å². The van der Waals surface area contributed by atoms with Crippen LogP contribution in [0.4, 0.5) is 0 Å². The second-order valence-corrected chi connectivity index (χ2v) is 3.60. The van der Waals surface area contributed by atoms with Crippen molar-refractivity contribution in [3.8, 4) is 0 Å². The molecule has 1 fully saturated rings. The van der Waals surface area contributed by atoms with Crippen LogP contribution >= 0.6 is 0 Å². The summed E-state index contributed by atoms with van der Waals surface area (Å²) in [6, 6.07) is 0.872. The van der Waals surface area contributed by atoms with Gasteiger partial charge < -0.3 is 10.4 Å². The maximum atomic E-state index is 9.40. The van der Waals surface area contributed by atoms with E-state index in [1.54, 1.807) is 0 Å². The molecule has 2 heteroatoms. The zero-order chi connectivity index (χ0) is 8.27. The second-order valence-electron chi connectivity index (χ2n) is 3.60. The summed E-state index contributed by atoms with van der Waals surface area (Å²) in [4.78, 5) is 0. The summed E-state index contributed by atoms with van der Waals surface area (Å²) < 4.78 is 0. The molecule has 0 aromatic rings. The van der Waals surface area contributed by atoms with Gasteiger partial charge in [0, 0.05) is 12.1 Å². The highest BCUT2D eigenvalue weighted by atomic mass is 16.3. The Labute approximate surface area is 69.0 Å². The van der Waals surface area contributed by atoms with Crippen LogP contribution in [0.15, 0.2) is 0 Å². The van der Waals surface area contributed by atoms with Gasteiger partial charge in [-0.1, -0.05) is 19.8 Å². The lowest BCUT2D eigenvalue weighted by atomic mass is 10.1. The summed E-state index contributed by atoms with van der Waals surface area (Å²) in [5.41, 5.74) is 0. The number of rotatable bonds is 3. The van der Waals surface area contributed by atoms with Gasteiger partial charge in [-0.05, 0) is 19.8 Å². The molecule has 2 N–H and O–H groups in total. The predicted octanol–water partition coefficient (Wildman–Crippen LogP) is 1.29. The number of nitrogens with one attached hydrogen (secondary N) is 1. The fourth-order valence-electron chi connectivity index (χ4n) is 1.70. The molecule has 2 nitrogen and oxygen atoms in total. The molecular formula is C9H19NO. The van der Waals surface area contributed by atoms with Crippen LogP contribution in [-0.2, 0) is 0 Å². The minimum absolute atomic E-state index is 0.114. The van der Waals surface area contributed by atoms with Crippen molar-refractivity contribution < 1.29 is 5.11 Å². The van der Waals surface area contributed by atoms with Gasteiger partial charge in [0.1, 0.15) is 0 Å². The van der Waals surface area contributed by atoms with Gasteiger partial charge in [0.05, 0.1) is 6.10 Å². The van der Waals surface area contributed by atoms with Crippen LogP contribution in [0.1, 0.15) is 39.5 Å². The molecule has 0 saturated carbocycles. The molecule has 66 valence electrons. The van der Waals surface area contributed by atoms with Crippen molar-refractivity contribution in [2.45, 2.75) is 57.7 Å². The monoisotopic (exact) mass is 157 g/mol. The Balaban J connectivity index is 2.18. The zero-order valence-corrected chi connectivity index (χ0v) is 7.51. The van der Waals surface area contributed by atoms with Gasteiger partial charge >= 0.3 is 0 Å². The van der Waals surface area contributed by atoms with E-state index in [1.165, 1.54) is 19.3 Å². The first-order chi connectivity index (χ1) is 5.24. The number of aliphatic hydroxyl groups is 1. The van der Waals surface area contributed by atoms with Crippen molar-refractivity contribution in [2.75, 3.05) is 0 Å². The molecule has 0 spiro atoms. The Morgan fingerprint density at radius 1 is 1.55 bits per heavy atom. The van der Waals surface area contributed by atoms with Crippen LogP contribution in [0.2, 0.25) is 0 Å². The quantitative estimate of drug-likeness (QED) is 0.647. The molecular weight excluding hydrogens is 138 g/mol. The lowest BCUT2D eigenvalue weighted by molar-refractivity contribution is 0.164. The summed E-state index contributed by atoms with van der Waals surface area (Å²) in [5.74, 6) is 0. The van der Waals surface area contributed by atoms with Crippen molar-refractivity contribution in [1.82, 2.24) is 5.32 Å². The van der Waals surface area contributed by atoms with Crippen LogP contribution in [-0.4, -0.2) is 23.3 Å². The van der Waals surface area contributed by atoms with Crippen LogP contribution < -0.4 is 5.32 Å². The van der Waals surface area contributed by atoms with Gasteiger partial charge in [-0.15, -0.1) is 0 Å². The molecule has 3 atom stereocenters. The largest absolute Gasteiger partial charge is 0.391 e. The summed E-state index contributed by atoms with van der Waals surface area (Å²) in [7, 11) is 0. The molecule has 0 radical (unpaired) electrons. The molecule has 11 heavy (non-hydrogen) atoms. The van der Waals surface area contributed by atoms with Gasteiger partial charge in [-0.2, -0.15) is 0 Å². The standard InChI is InChI=1S/C9H19NO/c1-3-4-5-8-6-9(11)7(2)10-8/h7-11H,3-6H2,1-2H3/t7-,8+,9+/m0/s1. The highest BCUT2D eigenvalue weighted by molar-refractivity contribution is 4.87. The van der Waals surface area contributed by atoms with E-state index in [-0.39, 0.29) is 6.10 Å². The molecule has 0 bridgehead atoms. The maximum Gasteiger partial charge on any atom is 0.0705 e. The van der Waals surface area contributed by atoms with E-state index < -0.39 is 0 Å². The predicted molar refractivity (Wildman–Crippen MR) is 46.5 cm³/mol. The molecule has 0 unspecified atom stereocenters. The molecule has 1 heterocycles. The number of unbranched alkanes of at least 4 members (excludes halogenated alkanes) is 1. The number of aliphatic hydroxyl groups excluding tert-OH is 1. The third kappa shape index (κ3) is 2.46. The van der Waals surface area contributed by atoms with Crippen LogP contribution in [0.25, 0.3) is 0 Å². The summed E-state index contributed by atoms with van der Waals surface area (Å²) in [6.45, 7) is 4.26. The molecule has 0 aliphatic carbocycles. The maximum absolute atomic E-state index is 9.40. The first-order valence-electron chi connectivity index (χ1n) is 4.68. The first-order valence-corrected chi connectivity index (χ1v) is 4.68. The van der Waals surface area contributed by atoms with Crippen LogP contribution in [0.3, 0.4) is 0 Å². The molecule has 1 saturated heterocycles. The molecule has 0 amide bonds. The number of hydrogen-bond acceptors (Lipinski definition) is 2. The van der Waals surface area contributed by atoms with Gasteiger partial charge in [0.2, 0.25) is 0 Å². The third-order valence-electron chi connectivity index (χ3n) is 2.51. The third-order valence-corrected chi connectivity index (χ3v) is 2.51. The average molecular weight is 157 g/mol. The Kier molecular flexibility index (Phi) is 3.34. The fourth-order valence-corrected chi connectivity index (χ4v) is 1.70. The summed E-state index contributed by atoms with van der Waals surface area (Å²) >= 11 is 0. The van der Waals surface area contributed by atoms with E-state index in [9.17, 15) is 5.11 Å². The van der Waals surface area contributed by atoms with Gasteiger partial charge in [0.25, 0.3) is 0 Å². The van der Waals surface area contributed by atoms with E-state index in [2.05, 4.69) is 19.2 Å². The van der Waals surface area contributed by atoms with Gasteiger partial charge in [-0.25, -0.2) is 0 Å². The van der Waals surface area contributed by atoms with Crippen molar-refractivity contribution in [2.24, 2.45) is 0 Å². The highest BCUT2D eigenvalue weighted by Crippen LogP contribution is 2.17.